The van der Waals surface area contributed by atoms with Crippen LogP contribution in [0.2, 0.25) is 0 Å². The summed E-state index contributed by atoms with van der Waals surface area (Å²) >= 11 is 0. The maximum Gasteiger partial charge on any atom is 0.573 e. The summed E-state index contributed by atoms with van der Waals surface area (Å²) in [6.07, 6.45) is -3.35. The van der Waals surface area contributed by atoms with Crippen molar-refractivity contribution in [2.75, 3.05) is 13.2 Å². The zero-order valence-corrected chi connectivity index (χ0v) is 17.2. The molecule has 0 saturated heterocycles. The Kier molecular flexibility index (Phi) is 6.76. The number of nitrogens with one attached hydrogen (secondary N) is 2. The summed E-state index contributed by atoms with van der Waals surface area (Å²) in [6.45, 7) is 3.91. The second-order valence-electron chi connectivity index (χ2n) is 6.76. The van der Waals surface area contributed by atoms with Crippen LogP contribution in [-0.2, 0) is 0 Å². The lowest BCUT2D eigenvalue weighted by Crippen LogP contribution is -2.37. The third-order valence-corrected chi connectivity index (χ3v) is 4.16. The Morgan fingerprint density at radius 3 is 2.31 bits per heavy atom. The standard InChI is InChI=1S/C21H20F3N5O3/c1-13-11-14(2)28-19(27-13)31-10-9-26-20(30)29-12-16(5-8-18(29)25)15-3-6-17(7-4-15)32-21(22,23)24/h3-8,11-12,25H,9-10H2,1-2H3,(H,26,30). The average Bonchev–Trinajstić information content (AvgIpc) is 2.70. The second-order valence-corrected chi connectivity index (χ2v) is 6.76. The molecular formula is C21H20F3N5O3. The molecule has 2 aromatic heterocycles. The Morgan fingerprint density at radius 2 is 1.69 bits per heavy atom. The molecule has 11 heteroatoms. The molecule has 0 aliphatic heterocycles. The number of hydrogen-bond acceptors (Lipinski definition) is 6. The summed E-state index contributed by atoms with van der Waals surface area (Å²) in [6, 6.07) is 9.68. The number of pyridine rings is 1. The van der Waals surface area contributed by atoms with Gasteiger partial charge in [0.15, 0.2) is 0 Å². The summed E-state index contributed by atoms with van der Waals surface area (Å²) in [5, 5.41) is 10.6. The van der Waals surface area contributed by atoms with Gasteiger partial charge in [0.2, 0.25) is 0 Å². The highest BCUT2D eigenvalue weighted by molar-refractivity contribution is 5.78. The number of benzene rings is 1. The largest absolute Gasteiger partial charge is 0.573 e. The number of rotatable bonds is 6. The van der Waals surface area contributed by atoms with E-state index in [0.717, 1.165) is 16.0 Å². The van der Waals surface area contributed by atoms with Crippen molar-refractivity contribution < 1.29 is 27.4 Å². The van der Waals surface area contributed by atoms with Crippen molar-refractivity contribution in [3.8, 4) is 22.9 Å². The first kappa shape index (κ1) is 22.8. The van der Waals surface area contributed by atoms with Crippen LogP contribution in [-0.4, -0.2) is 40.1 Å². The first-order valence-corrected chi connectivity index (χ1v) is 9.47. The Balaban J connectivity index is 1.63. The van der Waals surface area contributed by atoms with E-state index < -0.39 is 12.4 Å². The van der Waals surface area contributed by atoms with Gasteiger partial charge in [0.05, 0.1) is 6.54 Å². The molecule has 0 saturated carbocycles. The van der Waals surface area contributed by atoms with Gasteiger partial charge in [-0.1, -0.05) is 12.1 Å². The molecule has 0 aliphatic carbocycles. The number of aryl methyl sites for hydroxylation is 2. The summed E-state index contributed by atoms with van der Waals surface area (Å²) in [5.74, 6) is -0.350. The van der Waals surface area contributed by atoms with E-state index in [0.29, 0.717) is 11.1 Å². The molecule has 0 fully saturated rings. The average molecular weight is 447 g/mol. The number of carbonyl (C=O) groups excluding carboxylic acids is 1. The molecule has 2 heterocycles. The summed E-state index contributed by atoms with van der Waals surface area (Å²) in [4.78, 5) is 20.8. The van der Waals surface area contributed by atoms with Crippen molar-refractivity contribution in [3.63, 3.8) is 0 Å². The minimum atomic E-state index is -4.77. The zero-order valence-electron chi connectivity index (χ0n) is 17.2. The SMILES string of the molecule is Cc1cc(C)nc(OCCNC(=O)n2cc(-c3ccc(OC(F)(F)F)cc3)ccc2=N)n1. The lowest BCUT2D eigenvalue weighted by atomic mass is 10.1. The fourth-order valence-corrected chi connectivity index (χ4v) is 2.83. The molecule has 1 aromatic carbocycles. The van der Waals surface area contributed by atoms with E-state index in [4.69, 9.17) is 10.1 Å². The summed E-state index contributed by atoms with van der Waals surface area (Å²) in [5.41, 5.74) is 2.55. The smallest absolute Gasteiger partial charge is 0.462 e. The van der Waals surface area contributed by atoms with Crippen LogP contribution in [0.25, 0.3) is 11.1 Å². The third-order valence-electron chi connectivity index (χ3n) is 4.16. The van der Waals surface area contributed by atoms with Crippen molar-refractivity contribution in [3.05, 3.63) is 65.5 Å². The molecule has 0 radical (unpaired) electrons. The van der Waals surface area contributed by atoms with Crippen molar-refractivity contribution in [1.29, 1.82) is 5.41 Å². The summed E-state index contributed by atoms with van der Waals surface area (Å²) in [7, 11) is 0. The highest BCUT2D eigenvalue weighted by Crippen LogP contribution is 2.26. The second kappa shape index (κ2) is 9.50. The quantitative estimate of drug-likeness (QED) is 0.563. The number of carbonyl (C=O) groups is 1. The van der Waals surface area contributed by atoms with Crippen LogP contribution in [0.1, 0.15) is 11.4 Å². The minimum absolute atomic E-state index is 0.0677. The van der Waals surface area contributed by atoms with Crippen LogP contribution < -0.4 is 20.3 Å². The number of aromatic nitrogens is 3. The van der Waals surface area contributed by atoms with E-state index in [-0.39, 0.29) is 30.4 Å². The van der Waals surface area contributed by atoms with Gasteiger partial charge in [-0.05, 0) is 55.3 Å². The molecule has 3 rings (SSSR count). The Labute approximate surface area is 181 Å². The Bertz CT molecular complexity index is 1140. The van der Waals surface area contributed by atoms with E-state index in [9.17, 15) is 18.0 Å². The van der Waals surface area contributed by atoms with Crippen LogP contribution in [0.4, 0.5) is 18.0 Å². The molecule has 0 spiro atoms. The van der Waals surface area contributed by atoms with Gasteiger partial charge in [-0.2, -0.15) is 0 Å². The van der Waals surface area contributed by atoms with Gasteiger partial charge >= 0.3 is 18.4 Å². The molecule has 1 amide bonds. The molecule has 0 atom stereocenters. The highest BCUT2D eigenvalue weighted by Gasteiger charge is 2.30. The third kappa shape index (κ3) is 6.30. The first-order chi connectivity index (χ1) is 15.1. The Hall–Kier alpha value is -3.89. The topological polar surface area (TPSA) is 102 Å². The van der Waals surface area contributed by atoms with Crippen molar-refractivity contribution in [1.82, 2.24) is 19.9 Å². The molecule has 168 valence electrons. The predicted molar refractivity (Wildman–Crippen MR) is 108 cm³/mol. The molecule has 0 bridgehead atoms. The molecule has 32 heavy (non-hydrogen) atoms. The number of hydrogen-bond donors (Lipinski definition) is 2. The van der Waals surface area contributed by atoms with Gasteiger partial charge in [0, 0.05) is 17.6 Å². The van der Waals surface area contributed by atoms with Gasteiger partial charge in [-0.25, -0.2) is 14.8 Å². The van der Waals surface area contributed by atoms with Crippen LogP contribution >= 0.6 is 0 Å². The van der Waals surface area contributed by atoms with Crippen LogP contribution in [0.5, 0.6) is 11.8 Å². The van der Waals surface area contributed by atoms with Crippen LogP contribution in [0, 0.1) is 19.3 Å². The van der Waals surface area contributed by atoms with E-state index in [2.05, 4.69) is 20.0 Å². The normalized spacial score (nSPS) is 11.2. The molecule has 8 nitrogen and oxygen atoms in total. The van der Waals surface area contributed by atoms with Gasteiger partial charge in [-0.3, -0.25) is 9.98 Å². The number of ether oxygens (including phenoxy) is 2. The minimum Gasteiger partial charge on any atom is -0.462 e. The summed E-state index contributed by atoms with van der Waals surface area (Å²) < 4.78 is 47.3. The maximum atomic E-state index is 12.5. The van der Waals surface area contributed by atoms with Gasteiger partial charge < -0.3 is 14.8 Å². The lowest BCUT2D eigenvalue weighted by molar-refractivity contribution is -0.274. The monoisotopic (exact) mass is 447 g/mol. The van der Waals surface area contributed by atoms with E-state index in [1.54, 1.807) is 6.07 Å². The van der Waals surface area contributed by atoms with Crippen LogP contribution in [0.15, 0.2) is 48.7 Å². The number of alkyl halides is 3. The van der Waals surface area contributed by atoms with Crippen molar-refractivity contribution in [2.24, 2.45) is 0 Å². The Morgan fingerprint density at radius 1 is 1.06 bits per heavy atom. The number of amides is 1. The van der Waals surface area contributed by atoms with E-state index >= 15 is 0 Å². The van der Waals surface area contributed by atoms with E-state index in [1.807, 2.05) is 19.9 Å². The van der Waals surface area contributed by atoms with Gasteiger partial charge in [-0.15, -0.1) is 13.2 Å². The van der Waals surface area contributed by atoms with Gasteiger partial charge in [0.25, 0.3) is 0 Å². The number of halogens is 3. The number of nitrogens with zero attached hydrogens (tertiary/aromatic N) is 3. The molecule has 0 aliphatic rings. The fraction of sp³-hybridized carbons (Fsp3) is 0.238. The van der Waals surface area contributed by atoms with E-state index in [1.165, 1.54) is 36.5 Å². The molecule has 3 aromatic rings. The van der Waals surface area contributed by atoms with Crippen molar-refractivity contribution in [2.45, 2.75) is 20.2 Å². The lowest BCUT2D eigenvalue weighted by Gasteiger charge is -2.12. The fourth-order valence-electron chi connectivity index (χ4n) is 2.83. The first-order valence-electron chi connectivity index (χ1n) is 9.47. The predicted octanol–water partition coefficient (Wildman–Crippen LogP) is 3.58. The molecule has 2 N–H and O–H groups in total. The van der Waals surface area contributed by atoms with Crippen LogP contribution in [0.3, 0.4) is 0 Å². The van der Waals surface area contributed by atoms with Gasteiger partial charge in [0.1, 0.15) is 17.8 Å². The molecular weight excluding hydrogens is 427 g/mol. The maximum absolute atomic E-state index is 12.5. The molecule has 0 unspecified atom stereocenters. The highest BCUT2D eigenvalue weighted by atomic mass is 19.4. The zero-order chi connectivity index (χ0) is 23.3. The van der Waals surface area contributed by atoms with Crippen molar-refractivity contribution >= 4 is 6.03 Å².